The maximum absolute atomic E-state index is 11.6. The number of carbonyl (C=O) groups is 1. The zero-order valence-electron chi connectivity index (χ0n) is 9.03. The van der Waals surface area contributed by atoms with E-state index in [-0.39, 0.29) is 6.03 Å². The van der Waals surface area contributed by atoms with E-state index in [4.69, 9.17) is 5.73 Å². The van der Waals surface area contributed by atoms with Crippen molar-refractivity contribution in [1.82, 2.24) is 9.88 Å². The van der Waals surface area contributed by atoms with E-state index in [1.165, 1.54) is 6.20 Å². The van der Waals surface area contributed by atoms with Crippen molar-refractivity contribution in [3.05, 3.63) is 18.3 Å². The Morgan fingerprint density at radius 3 is 2.60 bits per heavy atom. The SMILES string of the molecule is CCN(CC)C(=O)Nc1ccc(N)nc1. The number of nitrogens with one attached hydrogen (secondary N) is 1. The fraction of sp³-hybridized carbons (Fsp3) is 0.400. The molecule has 3 N–H and O–H groups in total. The van der Waals surface area contributed by atoms with Crippen molar-refractivity contribution in [3.63, 3.8) is 0 Å². The molecule has 0 fully saturated rings. The number of amides is 2. The summed E-state index contributed by atoms with van der Waals surface area (Å²) >= 11 is 0. The van der Waals surface area contributed by atoms with E-state index < -0.39 is 0 Å². The van der Waals surface area contributed by atoms with Gasteiger partial charge in [-0.3, -0.25) is 0 Å². The van der Waals surface area contributed by atoms with Gasteiger partial charge in [0.15, 0.2) is 0 Å². The number of urea groups is 1. The lowest BCUT2D eigenvalue weighted by atomic mass is 10.4. The summed E-state index contributed by atoms with van der Waals surface area (Å²) in [5, 5.41) is 2.74. The molecular weight excluding hydrogens is 192 g/mol. The molecule has 15 heavy (non-hydrogen) atoms. The van der Waals surface area contributed by atoms with Gasteiger partial charge in [0.25, 0.3) is 0 Å². The Hall–Kier alpha value is -1.78. The van der Waals surface area contributed by atoms with E-state index in [0.717, 1.165) is 0 Å². The number of carbonyl (C=O) groups excluding carboxylic acids is 1. The molecular formula is C10H16N4O. The Bertz CT molecular complexity index is 319. The number of aromatic nitrogens is 1. The summed E-state index contributed by atoms with van der Waals surface area (Å²) in [4.78, 5) is 17.2. The quantitative estimate of drug-likeness (QED) is 0.791. The number of pyridine rings is 1. The highest BCUT2D eigenvalue weighted by atomic mass is 16.2. The zero-order chi connectivity index (χ0) is 11.3. The van der Waals surface area contributed by atoms with Crippen LogP contribution in [0.25, 0.3) is 0 Å². The summed E-state index contributed by atoms with van der Waals surface area (Å²) < 4.78 is 0. The number of nitrogens with two attached hydrogens (primary N) is 1. The predicted octanol–water partition coefficient (Wildman–Crippen LogP) is 1.54. The normalized spacial score (nSPS) is 9.73. The second-order valence-corrected chi connectivity index (χ2v) is 3.07. The van der Waals surface area contributed by atoms with Crippen molar-refractivity contribution in [2.45, 2.75) is 13.8 Å². The minimum atomic E-state index is -0.119. The number of nitrogens with zero attached hydrogens (tertiary/aromatic N) is 2. The Balaban J connectivity index is 2.61. The van der Waals surface area contributed by atoms with E-state index in [2.05, 4.69) is 10.3 Å². The molecule has 2 amide bonds. The van der Waals surface area contributed by atoms with Gasteiger partial charge in [0, 0.05) is 13.1 Å². The van der Waals surface area contributed by atoms with Gasteiger partial charge in [-0.25, -0.2) is 9.78 Å². The van der Waals surface area contributed by atoms with Crippen LogP contribution >= 0.6 is 0 Å². The number of rotatable bonds is 3. The molecule has 0 saturated heterocycles. The van der Waals surface area contributed by atoms with E-state index in [0.29, 0.717) is 24.6 Å². The molecule has 0 aliphatic carbocycles. The van der Waals surface area contributed by atoms with E-state index >= 15 is 0 Å². The standard InChI is InChI=1S/C10H16N4O/c1-3-14(4-2)10(15)13-8-5-6-9(11)12-7-8/h5-7H,3-4H2,1-2H3,(H2,11,12)(H,13,15). The number of anilines is 2. The third-order valence-corrected chi connectivity index (χ3v) is 2.09. The van der Waals surface area contributed by atoms with Gasteiger partial charge in [-0.2, -0.15) is 0 Å². The van der Waals surface area contributed by atoms with Crippen molar-refractivity contribution >= 4 is 17.5 Å². The molecule has 82 valence electrons. The van der Waals surface area contributed by atoms with Crippen LogP contribution in [0.1, 0.15) is 13.8 Å². The molecule has 0 atom stereocenters. The average Bonchev–Trinajstić information content (AvgIpc) is 2.23. The van der Waals surface area contributed by atoms with Crippen LogP contribution in [-0.4, -0.2) is 29.0 Å². The van der Waals surface area contributed by atoms with Gasteiger partial charge in [0.2, 0.25) is 0 Å². The highest BCUT2D eigenvalue weighted by Gasteiger charge is 2.08. The van der Waals surface area contributed by atoms with Gasteiger partial charge < -0.3 is 16.0 Å². The van der Waals surface area contributed by atoms with Crippen molar-refractivity contribution in [2.75, 3.05) is 24.1 Å². The lowest BCUT2D eigenvalue weighted by molar-refractivity contribution is 0.217. The van der Waals surface area contributed by atoms with Crippen LogP contribution in [0.3, 0.4) is 0 Å². The molecule has 5 heteroatoms. The van der Waals surface area contributed by atoms with Gasteiger partial charge in [-0.05, 0) is 26.0 Å². The van der Waals surface area contributed by atoms with Crippen molar-refractivity contribution in [1.29, 1.82) is 0 Å². The first kappa shape index (κ1) is 11.3. The third kappa shape index (κ3) is 3.12. The van der Waals surface area contributed by atoms with E-state index in [1.807, 2.05) is 13.8 Å². The Morgan fingerprint density at radius 2 is 2.13 bits per heavy atom. The smallest absolute Gasteiger partial charge is 0.321 e. The molecule has 1 aromatic rings. The van der Waals surface area contributed by atoms with Gasteiger partial charge in [-0.1, -0.05) is 0 Å². The monoisotopic (exact) mass is 208 g/mol. The molecule has 0 bridgehead atoms. The van der Waals surface area contributed by atoms with Crippen molar-refractivity contribution < 1.29 is 4.79 Å². The zero-order valence-corrected chi connectivity index (χ0v) is 9.03. The Labute approximate surface area is 89.3 Å². The minimum Gasteiger partial charge on any atom is -0.384 e. The first-order chi connectivity index (χ1) is 7.17. The summed E-state index contributed by atoms with van der Waals surface area (Å²) in [6.07, 6.45) is 1.54. The van der Waals surface area contributed by atoms with Crippen LogP contribution in [0.15, 0.2) is 18.3 Å². The van der Waals surface area contributed by atoms with Crippen LogP contribution in [0, 0.1) is 0 Å². The van der Waals surface area contributed by atoms with Crippen LogP contribution in [0.2, 0.25) is 0 Å². The number of nitrogen functional groups attached to an aromatic ring is 1. The molecule has 5 nitrogen and oxygen atoms in total. The number of hydrogen-bond donors (Lipinski definition) is 2. The Kier molecular flexibility index (Phi) is 3.91. The summed E-state index contributed by atoms with van der Waals surface area (Å²) in [6, 6.07) is 3.26. The lowest BCUT2D eigenvalue weighted by Gasteiger charge is -2.18. The predicted molar refractivity (Wildman–Crippen MR) is 60.6 cm³/mol. The van der Waals surface area contributed by atoms with Crippen LogP contribution in [-0.2, 0) is 0 Å². The summed E-state index contributed by atoms with van der Waals surface area (Å²) in [5.74, 6) is 0.441. The maximum Gasteiger partial charge on any atom is 0.321 e. The average molecular weight is 208 g/mol. The first-order valence-electron chi connectivity index (χ1n) is 4.94. The van der Waals surface area contributed by atoms with Gasteiger partial charge >= 0.3 is 6.03 Å². The minimum absolute atomic E-state index is 0.119. The molecule has 1 rings (SSSR count). The van der Waals surface area contributed by atoms with Gasteiger partial charge in [-0.15, -0.1) is 0 Å². The number of hydrogen-bond acceptors (Lipinski definition) is 3. The topological polar surface area (TPSA) is 71.2 Å². The van der Waals surface area contributed by atoms with Crippen molar-refractivity contribution in [3.8, 4) is 0 Å². The second kappa shape index (κ2) is 5.19. The van der Waals surface area contributed by atoms with Crippen LogP contribution in [0.5, 0.6) is 0 Å². The fourth-order valence-electron chi connectivity index (χ4n) is 1.19. The fourth-order valence-corrected chi connectivity index (χ4v) is 1.19. The highest BCUT2D eigenvalue weighted by molar-refractivity contribution is 5.89. The largest absolute Gasteiger partial charge is 0.384 e. The third-order valence-electron chi connectivity index (χ3n) is 2.09. The molecule has 0 unspecified atom stereocenters. The Morgan fingerprint density at radius 1 is 1.47 bits per heavy atom. The van der Waals surface area contributed by atoms with Gasteiger partial charge in [0.05, 0.1) is 11.9 Å². The maximum atomic E-state index is 11.6. The highest BCUT2D eigenvalue weighted by Crippen LogP contribution is 2.07. The molecule has 0 spiro atoms. The lowest BCUT2D eigenvalue weighted by Crippen LogP contribution is -2.34. The molecule has 0 aliphatic heterocycles. The summed E-state index contributed by atoms with van der Waals surface area (Å²) in [5.41, 5.74) is 6.09. The molecule has 0 aliphatic rings. The van der Waals surface area contributed by atoms with E-state index in [1.54, 1.807) is 17.0 Å². The van der Waals surface area contributed by atoms with Crippen molar-refractivity contribution in [2.24, 2.45) is 0 Å². The molecule has 1 aromatic heterocycles. The molecule has 0 saturated carbocycles. The van der Waals surface area contributed by atoms with E-state index in [9.17, 15) is 4.79 Å². The summed E-state index contributed by atoms with van der Waals surface area (Å²) in [7, 11) is 0. The second-order valence-electron chi connectivity index (χ2n) is 3.07. The molecule has 1 heterocycles. The molecule has 0 aromatic carbocycles. The van der Waals surface area contributed by atoms with Gasteiger partial charge in [0.1, 0.15) is 5.82 Å². The molecule has 0 radical (unpaired) electrons. The first-order valence-corrected chi connectivity index (χ1v) is 4.94. The van der Waals surface area contributed by atoms with Crippen LogP contribution < -0.4 is 11.1 Å². The summed E-state index contributed by atoms with van der Waals surface area (Å²) in [6.45, 7) is 5.24. The van der Waals surface area contributed by atoms with Crippen LogP contribution in [0.4, 0.5) is 16.3 Å².